The van der Waals surface area contributed by atoms with Crippen molar-refractivity contribution in [3.8, 4) is 0 Å². The van der Waals surface area contributed by atoms with Crippen LogP contribution in [0.4, 0.5) is 0 Å². The Labute approximate surface area is 115 Å². The zero-order chi connectivity index (χ0) is 13.1. The highest BCUT2D eigenvalue weighted by molar-refractivity contribution is 5.78. The predicted octanol–water partition coefficient (Wildman–Crippen LogP) is 3.66. The molecule has 1 aromatic heterocycles. The summed E-state index contributed by atoms with van der Waals surface area (Å²) in [5.41, 5.74) is 2.73. The van der Waals surface area contributed by atoms with Gasteiger partial charge in [0.1, 0.15) is 0 Å². The van der Waals surface area contributed by atoms with Gasteiger partial charge < -0.3 is 5.32 Å². The van der Waals surface area contributed by atoms with E-state index in [1.165, 1.54) is 36.8 Å². The zero-order valence-corrected chi connectivity index (χ0v) is 11.7. The normalized spacial score (nSPS) is 18.6. The summed E-state index contributed by atoms with van der Waals surface area (Å²) in [6.07, 6.45) is 4.91. The van der Waals surface area contributed by atoms with Crippen molar-refractivity contribution < 1.29 is 0 Å². The third kappa shape index (κ3) is 2.37. The van der Waals surface area contributed by atoms with Crippen LogP contribution in [0.25, 0.3) is 10.9 Å². The number of nitrogens with zero attached hydrogens (tertiary/aromatic N) is 1. The molecule has 0 unspecified atom stereocenters. The van der Waals surface area contributed by atoms with E-state index in [2.05, 4.69) is 48.6 Å². The monoisotopic (exact) mass is 254 g/mol. The molecule has 0 atom stereocenters. The Hall–Kier alpha value is -1.41. The minimum atomic E-state index is 0.296. The topological polar surface area (TPSA) is 24.9 Å². The Morgan fingerprint density at radius 2 is 1.89 bits per heavy atom. The maximum atomic E-state index is 4.96. The smallest absolute Gasteiger partial charge is 0.0705 e. The number of benzene rings is 1. The molecule has 2 nitrogen and oxygen atoms in total. The van der Waals surface area contributed by atoms with Crippen LogP contribution >= 0.6 is 0 Å². The molecule has 1 aromatic carbocycles. The number of nitrogens with one attached hydrogen (secondary N) is 1. The molecule has 2 heteroatoms. The standard InChI is InChI=1S/C17H22N2/c1-2-9-17(10-12-18-13-11-17)16-8-7-14-5-3-4-6-15(14)19-16/h3-8,18H,2,9-13H2,1H3. The first-order chi connectivity index (χ1) is 9.34. The van der Waals surface area contributed by atoms with Crippen LogP contribution < -0.4 is 5.32 Å². The van der Waals surface area contributed by atoms with E-state index in [0.717, 1.165) is 18.6 Å². The molecular weight excluding hydrogens is 232 g/mol. The number of pyridine rings is 1. The highest BCUT2D eigenvalue weighted by atomic mass is 14.9. The molecule has 2 heterocycles. The van der Waals surface area contributed by atoms with Gasteiger partial charge in [0, 0.05) is 16.5 Å². The second-order valence-electron chi connectivity index (χ2n) is 5.67. The van der Waals surface area contributed by atoms with Gasteiger partial charge in [-0.1, -0.05) is 37.6 Å². The largest absolute Gasteiger partial charge is 0.317 e. The van der Waals surface area contributed by atoms with Crippen LogP contribution in [-0.4, -0.2) is 18.1 Å². The fourth-order valence-electron chi connectivity index (χ4n) is 3.38. The number of fused-ring (bicyclic) bond motifs is 1. The Kier molecular flexibility index (Phi) is 3.52. The van der Waals surface area contributed by atoms with Gasteiger partial charge in [0.2, 0.25) is 0 Å². The molecule has 0 saturated carbocycles. The Morgan fingerprint density at radius 3 is 2.68 bits per heavy atom. The first-order valence-electron chi connectivity index (χ1n) is 7.41. The Balaban J connectivity index is 2.04. The van der Waals surface area contributed by atoms with Crippen molar-refractivity contribution in [2.24, 2.45) is 0 Å². The molecule has 100 valence electrons. The van der Waals surface area contributed by atoms with Crippen molar-refractivity contribution in [1.29, 1.82) is 0 Å². The first-order valence-corrected chi connectivity index (χ1v) is 7.41. The highest BCUT2D eigenvalue weighted by Gasteiger charge is 2.34. The molecule has 0 radical (unpaired) electrons. The number of aromatic nitrogens is 1. The van der Waals surface area contributed by atoms with Crippen molar-refractivity contribution in [2.75, 3.05) is 13.1 Å². The van der Waals surface area contributed by atoms with E-state index >= 15 is 0 Å². The summed E-state index contributed by atoms with van der Waals surface area (Å²) in [6.45, 7) is 4.52. The van der Waals surface area contributed by atoms with Crippen LogP contribution in [0.1, 0.15) is 38.3 Å². The zero-order valence-electron chi connectivity index (χ0n) is 11.7. The van der Waals surface area contributed by atoms with E-state index in [9.17, 15) is 0 Å². The summed E-state index contributed by atoms with van der Waals surface area (Å²) in [5.74, 6) is 0. The van der Waals surface area contributed by atoms with Gasteiger partial charge in [-0.05, 0) is 44.5 Å². The number of piperidine rings is 1. The quantitative estimate of drug-likeness (QED) is 0.904. The summed E-state index contributed by atoms with van der Waals surface area (Å²) < 4.78 is 0. The number of hydrogen-bond acceptors (Lipinski definition) is 2. The lowest BCUT2D eigenvalue weighted by atomic mass is 9.72. The highest BCUT2D eigenvalue weighted by Crippen LogP contribution is 2.37. The van der Waals surface area contributed by atoms with Crippen molar-refractivity contribution in [2.45, 2.75) is 38.0 Å². The van der Waals surface area contributed by atoms with E-state index in [4.69, 9.17) is 4.98 Å². The third-order valence-electron chi connectivity index (χ3n) is 4.43. The van der Waals surface area contributed by atoms with Gasteiger partial charge in [-0.15, -0.1) is 0 Å². The summed E-state index contributed by atoms with van der Waals surface area (Å²) in [4.78, 5) is 4.96. The van der Waals surface area contributed by atoms with Gasteiger partial charge in [0.05, 0.1) is 5.52 Å². The Morgan fingerprint density at radius 1 is 1.11 bits per heavy atom. The molecule has 0 spiro atoms. The van der Waals surface area contributed by atoms with E-state index in [1.54, 1.807) is 0 Å². The minimum absolute atomic E-state index is 0.296. The van der Waals surface area contributed by atoms with Crippen LogP contribution in [0.2, 0.25) is 0 Å². The van der Waals surface area contributed by atoms with Gasteiger partial charge >= 0.3 is 0 Å². The van der Waals surface area contributed by atoms with Crippen LogP contribution in [0, 0.1) is 0 Å². The van der Waals surface area contributed by atoms with Crippen LogP contribution in [0.5, 0.6) is 0 Å². The molecule has 1 aliphatic rings. The fraction of sp³-hybridized carbons (Fsp3) is 0.471. The molecule has 1 aliphatic heterocycles. The van der Waals surface area contributed by atoms with Crippen LogP contribution in [0.15, 0.2) is 36.4 Å². The summed E-state index contributed by atoms with van der Waals surface area (Å²) >= 11 is 0. The maximum Gasteiger partial charge on any atom is 0.0705 e. The average Bonchev–Trinajstić information content (AvgIpc) is 2.48. The number of para-hydroxylation sites is 1. The second kappa shape index (κ2) is 5.30. The maximum absolute atomic E-state index is 4.96. The molecule has 1 saturated heterocycles. The second-order valence-corrected chi connectivity index (χ2v) is 5.67. The lowest BCUT2D eigenvalue weighted by Crippen LogP contribution is -2.40. The van der Waals surface area contributed by atoms with E-state index in [-0.39, 0.29) is 0 Å². The predicted molar refractivity (Wildman–Crippen MR) is 80.4 cm³/mol. The average molecular weight is 254 g/mol. The van der Waals surface area contributed by atoms with Crippen LogP contribution in [-0.2, 0) is 5.41 Å². The van der Waals surface area contributed by atoms with Crippen LogP contribution in [0.3, 0.4) is 0 Å². The summed E-state index contributed by atoms with van der Waals surface area (Å²) in [5, 5.41) is 4.72. The van der Waals surface area contributed by atoms with Gasteiger partial charge in [-0.3, -0.25) is 4.98 Å². The molecule has 0 amide bonds. The lowest BCUT2D eigenvalue weighted by Gasteiger charge is -2.37. The molecule has 0 aliphatic carbocycles. The van der Waals surface area contributed by atoms with Gasteiger partial charge in [-0.2, -0.15) is 0 Å². The van der Waals surface area contributed by atoms with E-state index in [0.29, 0.717) is 5.41 Å². The van der Waals surface area contributed by atoms with E-state index < -0.39 is 0 Å². The molecule has 2 aromatic rings. The van der Waals surface area contributed by atoms with Crippen molar-refractivity contribution in [3.05, 3.63) is 42.1 Å². The summed E-state index contributed by atoms with van der Waals surface area (Å²) in [7, 11) is 0. The third-order valence-corrected chi connectivity index (χ3v) is 4.43. The van der Waals surface area contributed by atoms with Gasteiger partial charge in [-0.25, -0.2) is 0 Å². The lowest BCUT2D eigenvalue weighted by molar-refractivity contribution is 0.279. The molecule has 3 rings (SSSR count). The molecule has 19 heavy (non-hydrogen) atoms. The van der Waals surface area contributed by atoms with Crippen molar-refractivity contribution in [3.63, 3.8) is 0 Å². The van der Waals surface area contributed by atoms with Gasteiger partial charge in [0.25, 0.3) is 0 Å². The number of rotatable bonds is 3. The SMILES string of the molecule is CCCC1(c2ccc3ccccc3n2)CCNCC1. The Bertz CT molecular complexity index is 550. The molecule has 1 N–H and O–H groups in total. The minimum Gasteiger partial charge on any atom is -0.317 e. The van der Waals surface area contributed by atoms with Gasteiger partial charge in [0.15, 0.2) is 0 Å². The summed E-state index contributed by atoms with van der Waals surface area (Å²) in [6, 6.07) is 12.9. The molecule has 1 fully saturated rings. The molecule has 0 bridgehead atoms. The van der Waals surface area contributed by atoms with Crippen molar-refractivity contribution >= 4 is 10.9 Å². The van der Waals surface area contributed by atoms with E-state index in [1.807, 2.05) is 0 Å². The number of hydrogen-bond donors (Lipinski definition) is 1. The molecular formula is C17H22N2. The first kappa shape index (κ1) is 12.6. The fourth-order valence-corrected chi connectivity index (χ4v) is 3.38. The van der Waals surface area contributed by atoms with Crippen molar-refractivity contribution in [1.82, 2.24) is 10.3 Å².